The summed E-state index contributed by atoms with van der Waals surface area (Å²) in [5, 5.41) is 0. The second-order valence-electron chi connectivity index (χ2n) is 14.0. The molecule has 0 saturated heterocycles. The molecule has 0 bridgehead atoms. The normalized spacial score (nSPS) is 11.4. The van der Waals surface area contributed by atoms with Crippen molar-refractivity contribution in [1.82, 2.24) is 4.98 Å². The molecule has 0 aliphatic carbocycles. The van der Waals surface area contributed by atoms with Crippen LogP contribution in [0.25, 0.3) is 55.9 Å². The molecular formula is C49H42N2O. The molecule has 0 aliphatic heterocycles. The van der Waals surface area contributed by atoms with Crippen LogP contribution >= 0.6 is 0 Å². The fourth-order valence-electron chi connectivity index (χ4n) is 6.98. The van der Waals surface area contributed by atoms with Crippen molar-refractivity contribution in [1.29, 1.82) is 0 Å². The number of nitrogens with zero attached hydrogens (tertiary/aromatic N) is 2. The van der Waals surface area contributed by atoms with E-state index in [0.717, 1.165) is 39.3 Å². The first-order valence-electron chi connectivity index (χ1n) is 18.2. The molecule has 1 aromatic heterocycles. The monoisotopic (exact) mass is 674 g/mol. The van der Waals surface area contributed by atoms with E-state index in [2.05, 4.69) is 178 Å². The maximum absolute atomic E-state index is 6.04. The molecule has 3 nitrogen and oxygen atoms in total. The van der Waals surface area contributed by atoms with Crippen molar-refractivity contribution in [2.24, 2.45) is 0 Å². The Morgan fingerprint density at radius 2 is 0.788 bits per heavy atom. The smallest absolute Gasteiger partial charge is 0.227 e. The van der Waals surface area contributed by atoms with Gasteiger partial charge in [0.05, 0.1) is 0 Å². The summed E-state index contributed by atoms with van der Waals surface area (Å²) in [5.74, 6) is 1.60. The van der Waals surface area contributed by atoms with Crippen LogP contribution in [0.3, 0.4) is 0 Å². The van der Waals surface area contributed by atoms with Crippen molar-refractivity contribution in [2.45, 2.75) is 39.5 Å². The van der Waals surface area contributed by atoms with Crippen molar-refractivity contribution in [3.8, 4) is 44.8 Å². The predicted octanol–water partition coefficient (Wildman–Crippen LogP) is 14.2. The fourth-order valence-corrected chi connectivity index (χ4v) is 6.98. The molecule has 1 heterocycles. The lowest BCUT2D eigenvalue weighted by molar-refractivity contribution is 0.620. The molecule has 52 heavy (non-hydrogen) atoms. The minimum Gasteiger partial charge on any atom is -0.436 e. The van der Waals surface area contributed by atoms with Crippen LogP contribution < -0.4 is 4.90 Å². The third-order valence-corrected chi connectivity index (χ3v) is 9.95. The van der Waals surface area contributed by atoms with Gasteiger partial charge in [0.2, 0.25) is 5.89 Å². The number of aromatic nitrogens is 1. The summed E-state index contributed by atoms with van der Waals surface area (Å²) in [4.78, 5) is 7.05. The fraction of sp³-hybridized carbons (Fsp3) is 0.122. The molecule has 0 fully saturated rings. The van der Waals surface area contributed by atoms with E-state index in [0.29, 0.717) is 17.7 Å². The molecule has 0 atom stereocenters. The highest BCUT2D eigenvalue weighted by Gasteiger charge is 2.17. The van der Waals surface area contributed by atoms with Gasteiger partial charge < -0.3 is 9.32 Å². The van der Waals surface area contributed by atoms with Crippen LogP contribution in [0.4, 0.5) is 17.1 Å². The van der Waals surface area contributed by atoms with Gasteiger partial charge in [0.25, 0.3) is 0 Å². The molecule has 0 unspecified atom stereocenters. The van der Waals surface area contributed by atoms with Gasteiger partial charge in [-0.3, -0.25) is 0 Å². The van der Waals surface area contributed by atoms with Crippen molar-refractivity contribution < 1.29 is 4.42 Å². The summed E-state index contributed by atoms with van der Waals surface area (Å²) in [6.45, 7) is 8.96. The highest BCUT2D eigenvalue weighted by Crippen LogP contribution is 2.41. The standard InChI is InChI=1S/C49H42N2O/c1-33(2)35-21-27-40(28-22-35)51(41-29-23-36(24-30-41)34(3)4)42-31-25-38(26-32-42)44-12-6-8-14-46(44)45-13-7-5-11-43(45)37-17-19-39(20-18-37)49-50-47-15-9-10-16-48(47)52-49/h5-34H,1-4H3. The van der Waals surface area contributed by atoms with Crippen LogP contribution in [0.2, 0.25) is 0 Å². The van der Waals surface area contributed by atoms with Gasteiger partial charge >= 0.3 is 0 Å². The first-order chi connectivity index (χ1) is 25.4. The third-order valence-electron chi connectivity index (χ3n) is 9.95. The number of hydrogen-bond acceptors (Lipinski definition) is 3. The van der Waals surface area contributed by atoms with Gasteiger partial charge in [-0.2, -0.15) is 0 Å². The van der Waals surface area contributed by atoms with E-state index in [1.165, 1.54) is 38.9 Å². The third kappa shape index (κ3) is 6.54. The number of anilines is 3. The van der Waals surface area contributed by atoms with Gasteiger partial charge in [-0.1, -0.05) is 137 Å². The number of rotatable bonds is 9. The van der Waals surface area contributed by atoms with Gasteiger partial charge in [0.15, 0.2) is 5.58 Å². The zero-order valence-corrected chi connectivity index (χ0v) is 30.1. The van der Waals surface area contributed by atoms with E-state index >= 15 is 0 Å². The van der Waals surface area contributed by atoms with E-state index in [-0.39, 0.29) is 0 Å². The molecule has 0 amide bonds. The number of para-hydroxylation sites is 2. The minimum absolute atomic E-state index is 0.483. The van der Waals surface area contributed by atoms with Gasteiger partial charge in [0.1, 0.15) is 5.52 Å². The Kier molecular flexibility index (Phi) is 9.01. The second-order valence-corrected chi connectivity index (χ2v) is 14.0. The van der Waals surface area contributed by atoms with Gasteiger partial charge in [0, 0.05) is 22.6 Å². The van der Waals surface area contributed by atoms with Crippen LogP contribution in [-0.2, 0) is 0 Å². The largest absolute Gasteiger partial charge is 0.436 e. The molecule has 0 radical (unpaired) electrons. The molecule has 254 valence electrons. The van der Waals surface area contributed by atoms with E-state index in [9.17, 15) is 0 Å². The van der Waals surface area contributed by atoms with Gasteiger partial charge in [-0.25, -0.2) is 4.98 Å². The van der Waals surface area contributed by atoms with E-state index < -0.39 is 0 Å². The number of benzene rings is 7. The van der Waals surface area contributed by atoms with E-state index in [1.807, 2.05) is 24.3 Å². The van der Waals surface area contributed by atoms with Crippen molar-refractivity contribution in [2.75, 3.05) is 4.90 Å². The maximum Gasteiger partial charge on any atom is 0.227 e. The summed E-state index contributed by atoms with van der Waals surface area (Å²) >= 11 is 0. The Hall–Kier alpha value is -6.19. The molecule has 0 saturated carbocycles. The maximum atomic E-state index is 6.04. The molecular weight excluding hydrogens is 633 g/mol. The Bertz CT molecular complexity index is 2350. The average Bonchev–Trinajstić information content (AvgIpc) is 3.63. The Balaban J connectivity index is 1.13. The van der Waals surface area contributed by atoms with E-state index in [1.54, 1.807) is 0 Å². The van der Waals surface area contributed by atoms with Crippen molar-refractivity contribution in [3.63, 3.8) is 0 Å². The molecule has 8 rings (SSSR count). The lowest BCUT2D eigenvalue weighted by Crippen LogP contribution is -2.10. The average molecular weight is 675 g/mol. The van der Waals surface area contributed by atoms with Crippen molar-refractivity contribution >= 4 is 28.2 Å². The first kappa shape index (κ1) is 33.0. The SMILES string of the molecule is CC(C)c1ccc(N(c2ccc(-c3ccccc3-c3ccccc3-c3ccc(-c4nc5ccccc5o4)cc3)cc2)c2ccc(C(C)C)cc2)cc1. The highest BCUT2D eigenvalue weighted by atomic mass is 16.3. The molecule has 7 aromatic carbocycles. The Morgan fingerprint density at radius 3 is 1.25 bits per heavy atom. The zero-order valence-electron chi connectivity index (χ0n) is 30.1. The summed E-state index contributed by atoms with van der Waals surface area (Å²) in [7, 11) is 0. The minimum atomic E-state index is 0.483. The van der Waals surface area contributed by atoms with Gasteiger partial charge in [-0.05, 0) is 117 Å². The number of fused-ring (bicyclic) bond motifs is 1. The second kappa shape index (κ2) is 14.2. The predicted molar refractivity (Wildman–Crippen MR) is 219 cm³/mol. The van der Waals surface area contributed by atoms with E-state index in [4.69, 9.17) is 9.40 Å². The van der Waals surface area contributed by atoms with Crippen LogP contribution in [0.5, 0.6) is 0 Å². The molecule has 0 aliphatic rings. The summed E-state index contributed by atoms with van der Waals surface area (Å²) in [6.07, 6.45) is 0. The van der Waals surface area contributed by atoms with Crippen LogP contribution in [0, 0.1) is 0 Å². The molecule has 8 aromatic rings. The van der Waals surface area contributed by atoms with Crippen LogP contribution in [-0.4, -0.2) is 4.98 Å². The topological polar surface area (TPSA) is 29.3 Å². The highest BCUT2D eigenvalue weighted by molar-refractivity contribution is 5.92. The quantitative estimate of drug-likeness (QED) is 0.153. The summed E-state index contributed by atoms with van der Waals surface area (Å²) in [5.41, 5.74) is 15.8. The lowest BCUT2D eigenvalue weighted by Gasteiger charge is -2.26. The number of hydrogen-bond donors (Lipinski definition) is 0. The molecule has 0 N–H and O–H groups in total. The summed E-state index contributed by atoms with van der Waals surface area (Å²) in [6, 6.07) is 60.7. The van der Waals surface area contributed by atoms with Crippen LogP contribution in [0.15, 0.2) is 174 Å². The van der Waals surface area contributed by atoms with Gasteiger partial charge in [-0.15, -0.1) is 0 Å². The molecule has 3 heteroatoms. The lowest BCUT2D eigenvalue weighted by atomic mass is 9.89. The number of oxazole rings is 1. The Labute approximate surface area is 306 Å². The van der Waals surface area contributed by atoms with Crippen LogP contribution in [0.1, 0.15) is 50.7 Å². The van der Waals surface area contributed by atoms with Crippen molar-refractivity contribution in [3.05, 3.63) is 181 Å². The zero-order chi connectivity index (χ0) is 35.6. The summed E-state index contributed by atoms with van der Waals surface area (Å²) < 4.78 is 6.04. The molecule has 0 spiro atoms. The Morgan fingerprint density at radius 1 is 0.404 bits per heavy atom. The first-order valence-corrected chi connectivity index (χ1v) is 18.2.